The molecule has 3 aromatic rings. The first-order valence-corrected chi connectivity index (χ1v) is 7.90. The van der Waals surface area contributed by atoms with Crippen molar-refractivity contribution in [2.45, 2.75) is 25.3 Å². The second-order valence-corrected chi connectivity index (χ2v) is 5.90. The molecule has 1 saturated heterocycles. The van der Waals surface area contributed by atoms with Gasteiger partial charge in [0.15, 0.2) is 0 Å². The fourth-order valence-electron chi connectivity index (χ4n) is 3.19. The zero-order chi connectivity index (χ0) is 16.5. The molecule has 0 saturated carbocycles. The minimum absolute atomic E-state index is 0.00429. The summed E-state index contributed by atoms with van der Waals surface area (Å²) in [5.41, 5.74) is 2.01. The summed E-state index contributed by atoms with van der Waals surface area (Å²) in [5.74, 6) is 0.407. The Bertz CT molecular complexity index is 879. The Kier molecular flexibility index (Phi) is 3.68. The summed E-state index contributed by atoms with van der Waals surface area (Å²) in [6.45, 7) is 0.690. The Labute approximate surface area is 137 Å². The van der Waals surface area contributed by atoms with E-state index in [4.69, 9.17) is 0 Å². The first-order chi connectivity index (χ1) is 11.7. The van der Waals surface area contributed by atoms with E-state index in [1.165, 1.54) is 12.1 Å². The molecule has 1 amide bonds. The average Bonchev–Trinajstić information content (AvgIpc) is 3.21. The number of aromatic nitrogens is 4. The van der Waals surface area contributed by atoms with Crippen molar-refractivity contribution in [3.05, 3.63) is 54.1 Å². The molecule has 4 rings (SSSR count). The van der Waals surface area contributed by atoms with Crippen LogP contribution in [0.3, 0.4) is 0 Å². The molecule has 2 aromatic heterocycles. The van der Waals surface area contributed by atoms with E-state index in [0.717, 1.165) is 12.8 Å². The maximum absolute atomic E-state index is 13.3. The van der Waals surface area contributed by atoms with E-state index in [1.807, 2.05) is 4.90 Å². The highest BCUT2D eigenvalue weighted by Gasteiger charge is 2.32. The van der Waals surface area contributed by atoms with Crippen LogP contribution in [0.1, 0.15) is 30.4 Å². The van der Waals surface area contributed by atoms with Gasteiger partial charge < -0.3 is 9.88 Å². The zero-order valence-corrected chi connectivity index (χ0v) is 12.9. The van der Waals surface area contributed by atoms with Gasteiger partial charge >= 0.3 is 0 Å². The van der Waals surface area contributed by atoms with Crippen molar-refractivity contribution in [1.29, 1.82) is 0 Å². The smallest absolute Gasteiger partial charge is 0.229 e. The lowest BCUT2D eigenvalue weighted by molar-refractivity contribution is -0.131. The molecule has 1 aliphatic heterocycles. The van der Waals surface area contributed by atoms with Gasteiger partial charge in [-0.1, -0.05) is 0 Å². The third-order valence-corrected chi connectivity index (χ3v) is 4.30. The Morgan fingerprint density at radius 3 is 3.12 bits per heavy atom. The minimum atomic E-state index is -0.306. The number of imidazole rings is 1. The van der Waals surface area contributed by atoms with Crippen LogP contribution in [-0.2, 0) is 11.2 Å². The monoisotopic (exact) mass is 325 g/mol. The molecule has 1 aliphatic rings. The van der Waals surface area contributed by atoms with Crippen LogP contribution < -0.4 is 0 Å². The van der Waals surface area contributed by atoms with E-state index in [1.54, 1.807) is 24.7 Å². The molecule has 3 heterocycles. The summed E-state index contributed by atoms with van der Waals surface area (Å²) in [6.07, 6.45) is 6.75. The molecule has 1 N–H and O–H groups in total. The molecule has 1 aromatic carbocycles. The molecule has 0 spiro atoms. The van der Waals surface area contributed by atoms with Crippen molar-refractivity contribution >= 4 is 16.9 Å². The number of carbonyl (C=O) groups is 1. The molecule has 0 bridgehead atoms. The summed E-state index contributed by atoms with van der Waals surface area (Å²) < 4.78 is 13.3. The SMILES string of the molecule is O=C(Cc1cnccn1)N1CCC[C@@H]1c1nc2ccc(F)cc2[nH]1. The number of likely N-dealkylation sites (tertiary alicyclic amines) is 1. The molecule has 6 nitrogen and oxygen atoms in total. The predicted molar refractivity (Wildman–Crippen MR) is 85.5 cm³/mol. The van der Waals surface area contributed by atoms with Crippen molar-refractivity contribution in [3.63, 3.8) is 0 Å². The van der Waals surface area contributed by atoms with Gasteiger partial charge in [0.05, 0.1) is 29.2 Å². The summed E-state index contributed by atoms with van der Waals surface area (Å²) in [5, 5.41) is 0. The minimum Gasteiger partial charge on any atom is -0.340 e. The van der Waals surface area contributed by atoms with Crippen LogP contribution in [0.2, 0.25) is 0 Å². The zero-order valence-electron chi connectivity index (χ0n) is 12.9. The lowest BCUT2D eigenvalue weighted by Crippen LogP contribution is -2.32. The maximum Gasteiger partial charge on any atom is 0.229 e. The van der Waals surface area contributed by atoms with Gasteiger partial charge in [-0.25, -0.2) is 9.37 Å². The van der Waals surface area contributed by atoms with E-state index in [0.29, 0.717) is 29.1 Å². The Morgan fingerprint density at radius 2 is 2.29 bits per heavy atom. The first kappa shape index (κ1) is 14.7. The Hall–Kier alpha value is -2.83. The van der Waals surface area contributed by atoms with Gasteiger partial charge in [-0.3, -0.25) is 14.8 Å². The quantitative estimate of drug-likeness (QED) is 0.802. The topological polar surface area (TPSA) is 74.8 Å². The summed E-state index contributed by atoms with van der Waals surface area (Å²) in [6, 6.07) is 4.35. The third-order valence-electron chi connectivity index (χ3n) is 4.30. The van der Waals surface area contributed by atoms with Crippen LogP contribution in [0, 0.1) is 5.82 Å². The molecule has 0 aliphatic carbocycles. The molecular weight excluding hydrogens is 309 g/mol. The molecule has 7 heteroatoms. The number of benzene rings is 1. The maximum atomic E-state index is 13.3. The molecule has 0 radical (unpaired) electrons. The van der Waals surface area contributed by atoms with Crippen LogP contribution in [-0.4, -0.2) is 37.3 Å². The van der Waals surface area contributed by atoms with Crippen LogP contribution in [0.25, 0.3) is 11.0 Å². The number of H-pyrrole nitrogens is 1. The summed E-state index contributed by atoms with van der Waals surface area (Å²) in [7, 11) is 0. The lowest BCUT2D eigenvalue weighted by atomic mass is 10.2. The van der Waals surface area contributed by atoms with Gasteiger partial charge in [0, 0.05) is 25.1 Å². The lowest BCUT2D eigenvalue weighted by Gasteiger charge is -2.23. The molecular formula is C17H16FN5O. The van der Waals surface area contributed by atoms with Crippen molar-refractivity contribution in [3.8, 4) is 0 Å². The van der Waals surface area contributed by atoms with E-state index < -0.39 is 0 Å². The second kappa shape index (κ2) is 5.99. The summed E-state index contributed by atoms with van der Waals surface area (Å²) in [4.78, 5) is 30.3. The van der Waals surface area contributed by atoms with Gasteiger partial charge in [-0.05, 0) is 31.0 Å². The van der Waals surface area contributed by atoms with Gasteiger partial charge in [0.25, 0.3) is 0 Å². The number of fused-ring (bicyclic) bond motifs is 1. The third kappa shape index (κ3) is 2.73. The van der Waals surface area contributed by atoms with Gasteiger partial charge in [0.2, 0.25) is 5.91 Å². The molecule has 24 heavy (non-hydrogen) atoms. The number of nitrogens with zero attached hydrogens (tertiary/aromatic N) is 4. The number of nitrogens with one attached hydrogen (secondary N) is 1. The Morgan fingerprint density at radius 1 is 1.38 bits per heavy atom. The molecule has 122 valence electrons. The normalized spacial score (nSPS) is 17.5. The highest BCUT2D eigenvalue weighted by Crippen LogP contribution is 2.31. The number of aromatic amines is 1. The highest BCUT2D eigenvalue weighted by molar-refractivity contribution is 5.79. The van der Waals surface area contributed by atoms with Gasteiger partial charge in [-0.2, -0.15) is 0 Å². The Balaban J connectivity index is 1.58. The van der Waals surface area contributed by atoms with E-state index >= 15 is 0 Å². The van der Waals surface area contributed by atoms with Crippen LogP contribution in [0.15, 0.2) is 36.8 Å². The van der Waals surface area contributed by atoms with Gasteiger partial charge in [-0.15, -0.1) is 0 Å². The predicted octanol–water partition coefficient (Wildman–Crippen LogP) is 2.40. The van der Waals surface area contributed by atoms with E-state index in [-0.39, 0.29) is 24.2 Å². The molecule has 1 atom stereocenters. The largest absolute Gasteiger partial charge is 0.340 e. The first-order valence-electron chi connectivity index (χ1n) is 7.90. The highest BCUT2D eigenvalue weighted by atomic mass is 19.1. The van der Waals surface area contributed by atoms with Crippen molar-refractivity contribution in [2.75, 3.05) is 6.54 Å². The number of hydrogen-bond acceptors (Lipinski definition) is 4. The van der Waals surface area contributed by atoms with E-state index in [2.05, 4.69) is 19.9 Å². The fourth-order valence-corrected chi connectivity index (χ4v) is 3.19. The fraction of sp³-hybridized carbons (Fsp3) is 0.294. The average molecular weight is 325 g/mol. The number of hydrogen-bond donors (Lipinski definition) is 1. The second-order valence-electron chi connectivity index (χ2n) is 5.90. The van der Waals surface area contributed by atoms with Crippen molar-refractivity contribution < 1.29 is 9.18 Å². The summed E-state index contributed by atoms with van der Waals surface area (Å²) >= 11 is 0. The number of amides is 1. The van der Waals surface area contributed by atoms with Crippen molar-refractivity contribution in [1.82, 2.24) is 24.8 Å². The number of halogens is 1. The van der Waals surface area contributed by atoms with Crippen LogP contribution >= 0.6 is 0 Å². The molecule has 1 fully saturated rings. The van der Waals surface area contributed by atoms with E-state index in [9.17, 15) is 9.18 Å². The number of carbonyl (C=O) groups excluding carboxylic acids is 1. The van der Waals surface area contributed by atoms with Crippen LogP contribution in [0.5, 0.6) is 0 Å². The van der Waals surface area contributed by atoms with Gasteiger partial charge in [0.1, 0.15) is 11.6 Å². The van der Waals surface area contributed by atoms with Crippen molar-refractivity contribution in [2.24, 2.45) is 0 Å². The number of rotatable bonds is 3. The van der Waals surface area contributed by atoms with Crippen LogP contribution in [0.4, 0.5) is 4.39 Å². The molecule has 0 unspecified atom stereocenters. The standard InChI is InChI=1S/C17H16FN5O/c18-11-3-4-13-14(8-11)22-17(21-13)15-2-1-7-23(15)16(24)9-12-10-19-5-6-20-12/h3-6,8,10,15H,1-2,7,9H2,(H,21,22)/t15-/m1/s1.